The molecule has 0 atom stereocenters. The number of aliphatic carboxylic acids is 2. The van der Waals surface area contributed by atoms with Crippen molar-refractivity contribution >= 4 is 23.9 Å². The van der Waals surface area contributed by atoms with E-state index < -0.39 is 60.8 Å². The molecule has 16 heteroatoms. The molecule has 0 saturated heterocycles. The standard InChI is InChI=1S/C10H6F8O8/c11-7(12,5(21)22)9(15,16)25-3(19)1-2-4(20)26-10(17,18)8(13,14)6(23)24/h1-2H2,(H,21,22)(H,23,24)/p-2. The van der Waals surface area contributed by atoms with Gasteiger partial charge in [0.25, 0.3) is 0 Å². The fourth-order valence-electron chi connectivity index (χ4n) is 0.958. The third-order valence-corrected chi connectivity index (χ3v) is 2.26. The Morgan fingerprint density at radius 2 is 0.846 bits per heavy atom. The zero-order chi connectivity index (χ0) is 21.1. The van der Waals surface area contributed by atoms with E-state index in [-0.39, 0.29) is 0 Å². The third kappa shape index (κ3) is 4.92. The first-order valence-corrected chi connectivity index (χ1v) is 5.76. The van der Waals surface area contributed by atoms with Crippen LogP contribution in [0.4, 0.5) is 35.1 Å². The van der Waals surface area contributed by atoms with Crippen LogP contribution in [0.15, 0.2) is 0 Å². The molecule has 0 aliphatic heterocycles. The Balaban J connectivity index is 4.82. The predicted molar refractivity (Wildman–Crippen MR) is 51.2 cm³/mol. The van der Waals surface area contributed by atoms with Crippen LogP contribution in [-0.2, 0) is 28.7 Å². The molecule has 26 heavy (non-hydrogen) atoms. The van der Waals surface area contributed by atoms with Gasteiger partial charge >= 0.3 is 36.0 Å². The van der Waals surface area contributed by atoms with E-state index in [0.717, 1.165) is 0 Å². The summed E-state index contributed by atoms with van der Waals surface area (Å²) in [5.74, 6) is -24.2. The summed E-state index contributed by atoms with van der Waals surface area (Å²) in [4.78, 5) is 41.2. The van der Waals surface area contributed by atoms with Crippen LogP contribution in [0.5, 0.6) is 0 Å². The van der Waals surface area contributed by atoms with Crippen molar-refractivity contribution in [3.05, 3.63) is 0 Å². The molecule has 0 saturated carbocycles. The first-order chi connectivity index (χ1) is 11.4. The smallest absolute Gasteiger partial charge is 0.472 e. The lowest BCUT2D eigenvalue weighted by Gasteiger charge is -2.26. The van der Waals surface area contributed by atoms with Crippen LogP contribution in [-0.4, -0.2) is 47.9 Å². The van der Waals surface area contributed by atoms with Crippen molar-refractivity contribution in [1.29, 1.82) is 0 Å². The highest BCUT2D eigenvalue weighted by atomic mass is 19.3. The first-order valence-electron chi connectivity index (χ1n) is 5.76. The van der Waals surface area contributed by atoms with E-state index in [1.807, 2.05) is 0 Å². The lowest BCUT2D eigenvalue weighted by Crippen LogP contribution is -2.56. The number of carbonyl (C=O) groups excluding carboxylic acids is 4. The summed E-state index contributed by atoms with van der Waals surface area (Å²) in [6.07, 6.45) is -15.4. The van der Waals surface area contributed by atoms with Gasteiger partial charge in [0, 0.05) is 0 Å². The van der Waals surface area contributed by atoms with E-state index in [4.69, 9.17) is 0 Å². The van der Waals surface area contributed by atoms with E-state index in [1.54, 1.807) is 0 Å². The maximum absolute atomic E-state index is 12.7. The van der Waals surface area contributed by atoms with Crippen molar-refractivity contribution in [3.63, 3.8) is 0 Å². The average Bonchev–Trinajstić information content (AvgIpc) is 2.43. The van der Waals surface area contributed by atoms with Crippen molar-refractivity contribution in [2.45, 2.75) is 36.9 Å². The zero-order valence-corrected chi connectivity index (χ0v) is 11.7. The molecular weight excluding hydrogens is 400 g/mol. The van der Waals surface area contributed by atoms with Crippen molar-refractivity contribution in [2.75, 3.05) is 0 Å². The average molecular weight is 404 g/mol. The molecule has 0 aliphatic carbocycles. The van der Waals surface area contributed by atoms with Crippen molar-refractivity contribution < 1.29 is 74.0 Å². The second-order valence-electron chi connectivity index (χ2n) is 4.21. The van der Waals surface area contributed by atoms with Gasteiger partial charge in [0.15, 0.2) is 0 Å². The summed E-state index contributed by atoms with van der Waals surface area (Å²) in [7, 11) is 0. The minimum atomic E-state index is -5.99. The van der Waals surface area contributed by atoms with Gasteiger partial charge in [0.1, 0.15) is 11.9 Å². The second-order valence-corrected chi connectivity index (χ2v) is 4.21. The van der Waals surface area contributed by atoms with Gasteiger partial charge in [-0.05, 0) is 0 Å². The van der Waals surface area contributed by atoms with Crippen LogP contribution in [0.2, 0.25) is 0 Å². The van der Waals surface area contributed by atoms with E-state index in [9.17, 15) is 64.5 Å². The molecule has 0 radical (unpaired) electrons. The third-order valence-electron chi connectivity index (χ3n) is 2.26. The number of carbonyl (C=O) groups is 4. The van der Waals surface area contributed by atoms with Crippen LogP contribution in [0.25, 0.3) is 0 Å². The topological polar surface area (TPSA) is 133 Å². The summed E-state index contributed by atoms with van der Waals surface area (Å²) in [5.41, 5.74) is 0. The zero-order valence-electron chi connectivity index (χ0n) is 11.7. The highest BCUT2D eigenvalue weighted by Gasteiger charge is 2.63. The number of halogens is 8. The second kappa shape index (κ2) is 7.28. The molecule has 0 bridgehead atoms. The minimum Gasteiger partial charge on any atom is -0.544 e. The van der Waals surface area contributed by atoms with Crippen LogP contribution in [0.1, 0.15) is 12.8 Å². The van der Waals surface area contributed by atoms with Gasteiger partial charge in [-0.2, -0.15) is 35.1 Å². The molecule has 0 spiro atoms. The molecule has 0 rings (SSSR count). The maximum Gasteiger partial charge on any atom is 0.472 e. The quantitative estimate of drug-likeness (QED) is 0.346. The van der Waals surface area contributed by atoms with Crippen LogP contribution in [0.3, 0.4) is 0 Å². The lowest BCUT2D eigenvalue weighted by atomic mass is 10.3. The molecule has 0 aliphatic rings. The SMILES string of the molecule is O=C(CCC(=O)OC(F)(F)C(F)(F)C(=O)[O-])OC(F)(F)C(F)(F)C(=O)[O-]. The summed E-state index contributed by atoms with van der Waals surface area (Å²) < 4.78 is 106. The molecule has 0 unspecified atom stereocenters. The monoisotopic (exact) mass is 404 g/mol. The molecule has 0 heterocycles. The molecule has 0 N–H and O–H groups in total. The Morgan fingerprint density at radius 1 is 0.615 bits per heavy atom. The fraction of sp³-hybridized carbons (Fsp3) is 0.600. The number of alkyl halides is 8. The number of ether oxygens (including phenoxy) is 2. The van der Waals surface area contributed by atoms with Crippen molar-refractivity contribution in [1.82, 2.24) is 0 Å². The van der Waals surface area contributed by atoms with Crippen LogP contribution in [0, 0.1) is 0 Å². The number of carboxylic acid groups (broad SMARTS) is 2. The Hall–Kier alpha value is -2.68. The largest absolute Gasteiger partial charge is 0.544 e. The van der Waals surface area contributed by atoms with Gasteiger partial charge in [-0.25, -0.2) is 0 Å². The fourth-order valence-corrected chi connectivity index (χ4v) is 0.958. The van der Waals surface area contributed by atoms with E-state index in [1.165, 1.54) is 0 Å². The molecule has 0 aromatic carbocycles. The summed E-state index contributed by atoms with van der Waals surface area (Å²) in [6, 6.07) is 0. The highest BCUT2D eigenvalue weighted by molar-refractivity contribution is 5.80. The molecule has 0 aromatic heterocycles. The van der Waals surface area contributed by atoms with Gasteiger partial charge in [0.05, 0.1) is 12.8 Å². The maximum atomic E-state index is 12.7. The van der Waals surface area contributed by atoms with Gasteiger partial charge < -0.3 is 29.3 Å². The minimum absolute atomic E-state index is 1.73. The Kier molecular flexibility index (Phi) is 6.53. The molecule has 150 valence electrons. The Morgan fingerprint density at radius 3 is 1.04 bits per heavy atom. The van der Waals surface area contributed by atoms with E-state index in [2.05, 4.69) is 9.47 Å². The van der Waals surface area contributed by atoms with Crippen LogP contribution >= 0.6 is 0 Å². The number of hydrogen-bond donors (Lipinski definition) is 0. The number of esters is 2. The lowest BCUT2D eigenvalue weighted by molar-refractivity contribution is -0.381. The summed E-state index contributed by atoms with van der Waals surface area (Å²) >= 11 is 0. The summed E-state index contributed by atoms with van der Waals surface area (Å²) in [6.45, 7) is 0. The van der Waals surface area contributed by atoms with Gasteiger partial charge in [-0.15, -0.1) is 0 Å². The van der Waals surface area contributed by atoms with E-state index in [0.29, 0.717) is 0 Å². The van der Waals surface area contributed by atoms with Crippen LogP contribution < -0.4 is 10.2 Å². The van der Waals surface area contributed by atoms with E-state index >= 15 is 0 Å². The molecule has 0 aromatic rings. The number of rotatable bonds is 9. The van der Waals surface area contributed by atoms with Gasteiger partial charge in [0.2, 0.25) is 0 Å². The normalized spacial score (nSPS) is 13.1. The summed E-state index contributed by atoms with van der Waals surface area (Å²) in [5, 5.41) is 19.6. The molecule has 0 amide bonds. The van der Waals surface area contributed by atoms with Crippen molar-refractivity contribution in [2.24, 2.45) is 0 Å². The van der Waals surface area contributed by atoms with Crippen molar-refractivity contribution in [3.8, 4) is 0 Å². The predicted octanol–water partition coefficient (Wildman–Crippen LogP) is -1.19. The van der Waals surface area contributed by atoms with Gasteiger partial charge in [-0.3, -0.25) is 9.59 Å². The first kappa shape index (κ1) is 23.3. The molecule has 8 nitrogen and oxygen atoms in total. The molecular formula is C10H4F8O8-2. The molecule has 0 fully saturated rings. The van der Waals surface area contributed by atoms with Gasteiger partial charge in [-0.1, -0.05) is 0 Å². The number of hydrogen-bond acceptors (Lipinski definition) is 8. The highest BCUT2D eigenvalue weighted by Crippen LogP contribution is 2.36. The Labute approximate surface area is 136 Å². The Bertz CT molecular complexity index is 550. The number of carboxylic acids is 2.